The first kappa shape index (κ1) is 21.0. The molecule has 0 aliphatic carbocycles. The number of nitrogens with one attached hydrogen (secondary N) is 1. The van der Waals surface area contributed by atoms with Gasteiger partial charge in [-0.3, -0.25) is 4.72 Å². The van der Waals surface area contributed by atoms with Crippen molar-refractivity contribution in [1.29, 1.82) is 0 Å². The summed E-state index contributed by atoms with van der Waals surface area (Å²) in [7, 11) is -10.1. The van der Waals surface area contributed by atoms with Gasteiger partial charge in [0, 0.05) is 0 Å². The van der Waals surface area contributed by atoms with E-state index in [1.54, 1.807) is 6.92 Å². The summed E-state index contributed by atoms with van der Waals surface area (Å²) in [6.45, 7) is 4.08. The number of sulfonamides is 1. The van der Waals surface area contributed by atoms with Crippen molar-refractivity contribution < 1.29 is 35.1 Å². The fourth-order valence-corrected chi connectivity index (χ4v) is 4.74. The first-order chi connectivity index (χ1) is 12.2. The van der Waals surface area contributed by atoms with E-state index in [4.69, 9.17) is 0 Å². The molecule has 2 aromatic rings. The van der Waals surface area contributed by atoms with Crippen LogP contribution in [0, 0.1) is 20.8 Å². The lowest BCUT2D eigenvalue weighted by atomic mass is 10.1. The predicted octanol–water partition coefficient (Wildman–Crippen LogP) is 3.41. The molecule has 0 spiro atoms. The van der Waals surface area contributed by atoms with Crippen molar-refractivity contribution in [2.24, 2.45) is 0 Å². The van der Waals surface area contributed by atoms with Crippen molar-refractivity contribution in [3.63, 3.8) is 0 Å². The molecule has 0 aliphatic rings. The van der Waals surface area contributed by atoms with Crippen molar-refractivity contribution >= 4 is 25.5 Å². The number of rotatable bonds is 4. The molecular weight excluding hydrogens is 407 g/mol. The Morgan fingerprint density at radius 1 is 0.963 bits per heavy atom. The summed E-state index contributed by atoms with van der Waals surface area (Å²) in [5.74, 6) is -0.694. The zero-order valence-corrected chi connectivity index (χ0v) is 16.1. The molecule has 2 N–H and O–H groups in total. The van der Waals surface area contributed by atoms with E-state index < -0.39 is 41.7 Å². The Morgan fingerprint density at radius 2 is 1.48 bits per heavy atom. The van der Waals surface area contributed by atoms with Crippen LogP contribution in [0.4, 0.5) is 18.9 Å². The Balaban J connectivity index is 2.71. The molecule has 0 amide bonds. The molecule has 0 saturated carbocycles. The van der Waals surface area contributed by atoms with Gasteiger partial charge in [0.15, 0.2) is 0 Å². The molecule has 2 aromatic carbocycles. The monoisotopic (exact) mass is 423 g/mol. The summed E-state index contributed by atoms with van der Waals surface area (Å²) in [6.07, 6.45) is 0. The molecule has 27 heavy (non-hydrogen) atoms. The van der Waals surface area contributed by atoms with Crippen LogP contribution in [0.5, 0.6) is 5.75 Å². The van der Waals surface area contributed by atoms with Crippen molar-refractivity contribution in [3.05, 3.63) is 47.0 Å². The maximum Gasteiger partial charge on any atom is 0.516 e. The van der Waals surface area contributed by atoms with Crippen molar-refractivity contribution in [1.82, 2.24) is 0 Å². The minimum absolute atomic E-state index is 0.0688. The molecule has 0 fully saturated rings. The lowest BCUT2D eigenvalue weighted by molar-refractivity contribution is -0.0429. The van der Waals surface area contributed by atoms with Crippen LogP contribution < -0.4 is 4.72 Å². The van der Waals surface area contributed by atoms with Crippen LogP contribution >= 0.6 is 0 Å². The van der Waals surface area contributed by atoms with E-state index in [2.05, 4.69) is 0 Å². The van der Waals surface area contributed by atoms with Gasteiger partial charge in [-0.2, -0.15) is 21.6 Å². The summed E-state index contributed by atoms with van der Waals surface area (Å²) in [5, 5.41) is 10.1. The van der Waals surface area contributed by atoms with Crippen molar-refractivity contribution in [2.45, 2.75) is 36.1 Å². The molecule has 0 aliphatic heterocycles. The Hall–Kier alpha value is -2.27. The Morgan fingerprint density at radius 3 is 1.96 bits per heavy atom. The normalized spacial score (nSPS) is 12.8. The number of phenolic OH excluding ortho intramolecular Hbond substituents is 1. The minimum atomic E-state index is -5.77. The molecule has 0 bridgehead atoms. The van der Waals surface area contributed by atoms with Gasteiger partial charge in [0.2, 0.25) is 9.84 Å². The van der Waals surface area contributed by atoms with Crippen LogP contribution in [0.25, 0.3) is 0 Å². The molecule has 11 heteroatoms. The number of alkyl halides is 3. The number of benzene rings is 2. The highest BCUT2D eigenvalue weighted by Crippen LogP contribution is 2.39. The quantitative estimate of drug-likeness (QED) is 0.734. The maximum atomic E-state index is 12.9. The summed E-state index contributed by atoms with van der Waals surface area (Å²) < 4.78 is 88.0. The third-order valence-electron chi connectivity index (χ3n) is 3.84. The van der Waals surface area contributed by atoms with Gasteiger partial charge in [-0.15, -0.1) is 0 Å². The van der Waals surface area contributed by atoms with Crippen LogP contribution in [-0.4, -0.2) is 27.5 Å². The molecule has 0 aromatic heterocycles. The van der Waals surface area contributed by atoms with Gasteiger partial charge >= 0.3 is 15.5 Å². The molecule has 6 nitrogen and oxygen atoms in total. The Bertz CT molecular complexity index is 1090. The van der Waals surface area contributed by atoms with E-state index in [-0.39, 0.29) is 16.0 Å². The van der Waals surface area contributed by atoms with E-state index in [0.29, 0.717) is 0 Å². The van der Waals surface area contributed by atoms with E-state index in [0.717, 1.165) is 18.6 Å². The van der Waals surface area contributed by atoms with Crippen LogP contribution in [0.1, 0.15) is 16.7 Å². The Labute approximate surface area is 154 Å². The SMILES string of the molecule is Cc1ccc(S(=O)(=O)c2c(O)cc(C)c(NS(=O)(=O)C(F)(F)F)c2C)cc1. The molecule has 0 saturated heterocycles. The maximum absolute atomic E-state index is 12.9. The number of sulfone groups is 1. The predicted molar refractivity (Wildman–Crippen MR) is 92.8 cm³/mol. The van der Waals surface area contributed by atoms with Crippen LogP contribution in [0.3, 0.4) is 0 Å². The smallest absolute Gasteiger partial charge is 0.507 e. The topological polar surface area (TPSA) is 101 Å². The number of phenols is 1. The summed E-state index contributed by atoms with van der Waals surface area (Å²) in [6, 6.07) is 6.48. The standard InChI is InChI=1S/C16H16F3NO5S2/c1-9-4-6-12(7-5-9)26(22,23)15-11(3)14(10(2)8-13(15)21)20-27(24,25)16(17,18)19/h4-8,20-21H,1-3H3. The number of aryl methyl sites for hydroxylation is 2. The molecule has 0 heterocycles. The van der Waals surface area contributed by atoms with E-state index in [9.17, 15) is 35.1 Å². The van der Waals surface area contributed by atoms with E-state index in [1.807, 2.05) is 0 Å². The molecule has 2 rings (SSSR count). The van der Waals surface area contributed by atoms with Crippen LogP contribution in [0.15, 0.2) is 40.1 Å². The largest absolute Gasteiger partial charge is 0.516 e. The third-order valence-corrected chi connectivity index (χ3v) is 6.86. The lowest BCUT2D eigenvalue weighted by Gasteiger charge is -2.18. The van der Waals surface area contributed by atoms with Crippen molar-refractivity contribution in [3.8, 4) is 5.75 Å². The summed E-state index contributed by atoms with van der Waals surface area (Å²) in [5.41, 5.74) is -5.78. The second-order valence-electron chi connectivity index (χ2n) is 5.91. The average molecular weight is 423 g/mol. The Kier molecular flexibility index (Phi) is 5.23. The first-order valence-electron chi connectivity index (χ1n) is 7.42. The van der Waals surface area contributed by atoms with Gasteiger partial charge in [0.1, 0.15) is 10.6 Å². The summed E-state index contributed by atoms with van der Waals surface area (Å²) >= 11 is 0. The summed E-state index contributed by atoms with van der Waals surface area (Å²) in [4.78, 5) is -0.864. The van der Waals surface area contributed by atoms with Gasteiger partial charge in [-0.1, -0.05) is 17.7 Å². The second-order valence-corrected chi connectivity index (χ2v) is 9.47. The lowest BCUT2D eigenvalue weighted by Crippen LogP contribution is -2.30. The second kappa shape index (κ2) is 6.71. The van der Waals surface area contributed by atoms with E-state index in [1.165, 1.54) is 35.9 Å². The first-order valence-corrected chi connectivity index (χ1v) is 10.4. The molecule has 0 atom stereocenters. The highest BCUT2D eigenvalue weighted by molar-refractivity contribution is 7.93. The van der Waals surface area contributed by atoms with Gasteiger partial charge in [0.25, 0.3) is 0 Å². The van der Waals surface area contributed by atoms with Crippen LogP contribution in [-0.2, 0) is 19.9 Å². The van der Waals surface area contributed by atoms with Gasteiger partial charge in [0.05, 0.1) is 10.6 Å². The molecular formula is C16H16F3NO5S2. The number of hydrogen-bond acceptors (Lipinski definition) is 5. The highest BCUT2D eigenvalue weighted by atomic mass is 32.2. The number of hydrogen-bond donors (Lipinski definition) is 2. The zero-order chi connectivity index (χ0) is 20.8. The van der Waals surface area contributed by atoms with Gasteiger partial charge in [-0.05, 0) is 50.1 Å². The van der Waals surface area contributed by atoms with E-state index >= 15 is 0 Å². The van der Waals surface area contributed by atoms with Gasteiger partial charge in [-0.25, -0.2) is 8.42 Å². The number of aromatic hydroxyl groups is 1. The van der Waals surface area contributed by atoms with Crippen LogP contribution in [0.2, 0.25) is 0 Å². The highest BCUT2D eigenvalue weighted by Gasteiger charge is 2.46. The molecule has 148 valence electrons. The average Bonchev–Trinajstić information content (AvgIpc) is 2.50. The number of anilines is 1. The van der Waals surface area contributed by atoms with Crippen molar-refractivity contribution in [2.75, 3.05) is 4.72 Å². The molecule has 0 unspecified atom stereocenters. The zero-order valence-electron chi connectivity index (χ0n) is 14.4. The fourth-order valence-electron chi connectivity index (χ4n) is 2.47. The third kappa shape index (κ3) is 3.88. The van der Waals surface area contributed by atoms with Gasteiger partial charge < -0.3 is 5.11 Å². The fraction of sp³-hybridized carbons (Fsp3) is 0.250. The minimum Gasteiger partial charge on any atom is -0.507 e. The molecule has 0 radical (unpaired) electrons. The number of halogens is 3.